The molecule has 0 spiro atoms. The summed E-state index contributed by atoms with van der Waals surface area (Å²) >= 11 is 0. The Morgan fingerprint density at radius 2 is 1.71 bits per heavy atom. The summed E-state index contributed by atoms with van der Waals surface area (Å²) in [5.41, 5.74) is 0.666. The fourth-order valence-corrected chi connectivity index (χ4v) is 3.84. The molecule has 3 heterocycles. The Labute approximate surface area is 161 Å². The van der Waals surface area contributed by atoms with E-state index in [1.165, 1.54) is 21.3 Å². The van der Waals surface area contributed by atoms with E-state index >= 15 is 0 Å². The number of nitrogens with zero attached hydrogens (tertiary/aromatic N) is 5. The van der Waals surface area contributed by atoms with Crippen LogP contribution in [-0.4, -0.2) is 31.8 Å². The minimum absolute atomic E-state index is 0.0868. The van der Waals surface area contributed by atoms with E-state index in [2.05, 4.69) is 16.8 Å². The number of benzene rings is 1. The second-order valence-corrected chi connectivity index (χ2v) is 7.67. The predicted octanol–water partition coefficient (Wildman–Crippen LogP) is 1.86. The van der Waals surface area contributed by atoms with Crippen molar-refractivity contribution < 1.29 is 4.39 Å². The zero-order valence-electron chi connectivity index (χ0n) is 16.4. The minimum atomic E-state index is -0.432. The number of imidazole rings is 1. The zero-order chi connectivity index (χ0) is 20.0. The minimum Gasteiger partial charge on any atom is -0.342 e. The maximum atomic E-state index is 13.2. The highest BCUT2D eigenvalue weighted by Crippen LogP contribution is 2.24. The largest absolute Gasteiger partial charge is 0.342 e. The molecule has 28 heavy (non-hydrogen) atoms. The molecule has 1 fully saturated rings. The van der Waals surface area contributed by atoms with E-state index < -0.39 is 5.69 Å². The van der Waals surface area contributed by atoms with Gasteiger partial charge in [-0.1, -0.05) is 19.1 Å². The summed E-state index contributed by atoms with van der Waals surface area (Å²) in [5, 5.41) is 0. The molecule has 0 aliphatic carbocycles. The van der Waals surface area contributed by atoms with E-state index in [0.29, 0.717) is 28.6 Å². The number of halogens is 1. The lowest BCUT2D eigenvalue weighted by Crippen LogP contribution is -2.39. The van der Waals surface area contributed by atoms with Crippen molar-refractivity contribution in [3.63, 3.8) is 0 Å². The van der Waals surface area contributed by atoms with Crippen LogP contribution in [0.4, 0.5) is 10.3 Å². The molecule has 0 N–H and O–H groups in total. The van der Waals surface area contributed by atoms with Crippen LogP contribution in [0.1, 0.15) is 25.3 Å². The lowest BCUT2D eigenvalue weighted by atomic mass is 10.00. The molecular weight excluding hydrogens is 361 g/mol. The van der Waals surface area contributed by atoms with Crippen LogP contribution in [-0.2, 0) is 20.6 Å². The maximum absolute atomic E-state index is 13.2. The van der Waals surface area contributed by atoms with Gasteiger partial charge >= 0.3 is 5.69 Å². The molecule has 3 aromatic rings. The van der Waals surface area contributed by atoms with Crippen LogP contribution < -0.4 is 16.1 Å². The van der Waals surface area contributed by atoms with Crippen LogP contribution in [0.2, 0.25) is 0 Å². The number of hydrogen-bond donors (Lipinski definition) is 0. The van der Waals surface area contributed by atoms with Crippen molar-refractivity contribution in [2.45, 2.75) is 26.3 Å². The molecule has 0 atom stereocenters. The Balaban J connectivity index is 1.82. The van der Waals surface area contributed by atoms with Gasteiger partial charge in [-0.15, -0.1) is 0 Å². The van der Waals surface area contributed by atoms with Gasteiger partial charge in [-0.05, 0) is 36.5 Å². The van der Waals surface area contributed by atoms with Gasteiger partial charge in [-0.3, -0.25) is 13.9 Å². The number of aromatic nitrogens is 4. The van der Waals surface area contributed by atoms with Crippen LogP contribution in [0, 0.1) is 11.7 Å². The Kier molecular flexibility index (Phi) is 4.56. The summed E-state index contributed by atoms with van der Waals surface area (Å²) in [6, 6.07) is 5.80. The zero-order valence-corrected chi connectivity index (χ0v) is 16.4. The number of fused-ring (bicyclic) bond motifs is 1. The van der Waals surface area contributed by atoms with E-state index in [1.807, 2.05) is 7.05 Å². The molecule has 2 aromatic heterocycles. The predicted molar refractivity (Wildman–Crippen MR) is 106 cm³/mol. The molecule has 8 heteroatoms. The van der Waals surface area contributed by atoms with Crippen molar-refractivity contribution in [1.82, 2.24) is 18.7 Å². The first-order chi connectivity index (χ1) is 13.4. The molecule has 0 amide bonds. The summed E-state index contributed by atoms with van der Waals surface area (Å²) in [4.78, 5) is 32.7. The molecule has 1 aliphatic heterocycles. The fourth-order valence-electron chi connectivity index (χ4n) is 3.84. The average Bonchev–Trinajstić information content (AvgIpc) is 3.03. The van der Waals surface area contributed by atoms with Crippen LogP contribution in [0.3, 0.4) is 0 Å². The fraction of sp³-hybridized carbons (Fsp3) is 0.450. The molecule has 0 radical (unpaired) electrons. The first-order valence-electron chi connectivity index (χ1n) is 9.52. The third-order valence-electron chi connectivity index (χ3n) is 5.66. The van der Waals surface area contributed by atoms with E-state index in [4.69, 9.17) is 0 Å². The highest BCUT2D eigenvalue weighted by Gasteiger charge is 2.24. The van der Waals surface area contributed by atoms with E-state index in [0.717, 1.165) is 25.9 Å². The summed E-state index contributed by atoms with van der Waals surface area (Å²) < 4.78 is 17.5. The van der Waals surface area contributed by atoms with Crippen LogP contribution in [0.5, 0.6) is 0 Å². The van der Waals surface area contributed by atoms with Crippen molar-refractivity contribution >= 4 is 17.1 Å². The van der Waals surface area contributed by atoms with Crippen molar-refractivity contribution in [3.8, 4) is 0 Å². The van der Waals surface area contributed by atoms with Gasteiger partial charge in [-0.2, -0.15) is 4.98 Å². The molecule has 1 aromatic carbocycles. The molecule has 148 valence electrons. The lowest BCUT2D eigenvalue weighted by molar-refractivity contribution is 0.433. The third kappa shape index (κ3) is 3.02. The first kappa shape index (κ1) is 18.5. The quantitative estimate of drug-likeness (QED) is 0.690. The van der Waals surface area contributed by atoms with E-state index in [1.54, 1.807) is 23.7 Å². The number of piperidine rings is 1. The Morgan fingerprint density at radius 1 is 1.07 bits per heavy atom. The normalized spacial score (nSPS) is 15.5. The topological polar surface area (TPSA) is 65.1 Å². The molecule has 0 unspecified atom stereocenters. The van der Waals surface area contributed by atoms with Crippen LogP contribution in [0.15, 0.2) is 33.9 Å². The summed E-state index contributed by atoms with van der Waals surface area (Å²) in [6.45, 7) is 4.10. The van der Waals surface area contributed by atoms with Gasteiger partial charge in [0.2, 0.25) is 5.95 Å². The van der Waals surface area contributed by atoms with Crippen molar-refractivity contribution in [3.05, 3.63) is 56.5 Å². The van der Waals surface area contributed by atoms with Gasteiger partial charge in [0.05, 0.1) is 6.54 Å². The van der Waals surface area contributed by atoms with Gasteiger partial charge in [0.1, 0.15) is 5.82 Å². The standard InChI is InChI=1S/C20H24FN5O2/c1-13-8-10-25(11-9-13)19-22-17-16(23(19)2)18(27)26(20(28)24(17)3)12-14-4-6-15(21)7-5-14/h4-7,13H,8-12H2,1-3H3. The van der Waals surface area contributed by atoms with Gasteiger partial charge < -0.3 is 9.47 Å². The number of rotatable bonds is 3. The molecule has 0 bridgehead atoms. The summed E-state index contributed by atoms with van der Waals surface area (Å²) in [5.74, 6) is 1.04. The van der Waals surface area contributed by atoms with Gasteiger partial charge in [0.25, 0.3) is 5.56 Å². The summed E-state index contributed by atoms with van der Waals surface area (Å²) in [7, 11) is 3.44. The lowest BCUT2D eigenvalue weighted by Gasteiger charge is -2.30. The number of anilines is 1. The first-order valence-corrected chi connectivity index (χ1v) is 9.52. The van der Waals surface area contributed by atoms with Gasteiger partial charge in [0, 0.05) is 27.2 Å². The van der Waals surface area contributed by atoms with Gasteiger partial charge in [0.15, 0.2) is 11.2 Å². The van der Waals surface area contributed by atoms with Crippen molar-refractivity contribution in [1.29, 1.82) is 0 Å². The second-order valence-electron chi connectivity index (χ2n) is 7.67. The number of aryl methyl sites for hydroxylation is 2. The summed E-state index contributed by atoms with van der Waals surface area (Å²) in [6.07, 6.45) is 2.16. The monoisotopic (exact) mass is 385 g/mol. The molecule has 1 aliphatic rings. The Morgan fingerprint density at radius 3 is 2.36 bits per heavy atom. The van der Waals surface area contributed by atoms with Gasteiger partial charge in [-0.25, -0.2) is 9.18 Å². The maximum Gasteiger partial charge on any atom is 0.332 e. The molecule has 0 saturated carbocycles. The highest BCUT2D eigenvalue weighted by atomic mass is 19.1. The Hall–Kier alpha value is -2.90. The average molecular weight is 385 g/mol. The van der Waals surface area contributed by atoms with Crippen LogP contribution in [0.25, 0.3) is 11.2 Å². The molecular formula is C20H24FN5O2. The van der Waals surface area contributed by atoms with Crippen molar-refractivity contribution in [2.24, 2.45) is 20.0 Å². The van der Waals surface area contributed by atoms with Crippen molar-refractivity contribution in [2.75, 3.05) is 18.0 Å². The number of hydrogen-bond acceptors (Lipinski definition) is 4. The highest BCUT2D eigenvalue weighted by molar-refractivity contribution is 5.74. The third-order valence-corrected chi connectivity index (χ3v) is 5.66. The Bertz CT molecular complexity index is 1130. The van der Waals surface area contributed by atoms with E-state index in [9.17, 15) is 14.0 Å². The SMILES string of the molecule is CC1CCN(c2nc3c(c(=O)n(Cc4ccc(F)cc4)c(=O)n3C)n2C)CC1. The molecule has 4 rings (SSSR count). The van der Waals surface area contributed by atoms with Crippen LogP contribution >= 0.6 is 0 Å². The second kappa shape index (κ2) is 6.92. The molecule has 1 saturated heterocycles. The molecule has 7 nitrogen and oxygen atoms in total. The smallest absolute Gasteiger partial charge is 0.332 e. The van der Waals surface area contributed by atoms with E-state index in [-0.39, 0.29) is 17.9 Å².